The predicted octanol–water partition coefficient (Wildman–Crippen LogP) is 3.22. The van der Waals surface area contributed by atoms with Crippen LogP contribution in [0.4, 0.5) is 5.82 Å². The topological polar surface area (TPSA) is 51.5 Å². The van der Waals surface area contributed by atoms with Crippen LogP contribution in [0.2, 0.25) is 0 Å². The van der Waals surface area contributed by atoms with Gasteiger partial charge in [0.15, 0.2) is 5.65 Å². The number of ether oxygens (including phenoxy) is 1. The summed E-state index contributed by atoms with van der Waals surface area (Å²) in [5.41, 5.74) is 2.96. The molecule has 1 N–H and O–H groups in total. The number of aromatic nitrogens is 3. The maximum absolute atomic E-state index is 5.28. The molecule has 5 heteroatoms. The van der Waals surface area contributed by atoms with Crippen molar-refractivity contribution in [2.24, 2.45) is 0 Å². The number of anilines is 1. The fourth-order valence-corrected chi connectivity index (χ4v) is 2.36. The van der Waals surface area contributed by atoms with E-state index in [-0.39, 0.29) is 6.04 Å². The molecule has 3 aromatic rings. The summed E-state index contributed by atoms with van der Waals surface area (Å²) in [5.74, 6) is 1.79. The second kappa shape index (κ2) is 5.44. The van der Waals surface area contributed by atoms with Gasteiger partial charge in [-0.05, 0) is 31.5 Å². The molecule has 0 saturated heterocycles. The fourth-order valence-electron chi connectivity index (χ4n) is 2.36. The highest BCUT2D eigenvalue weighted by atomic mass is 16.5. The third kappa shape index (κ3) is 2.67. The molecule has 0 bridgehead atoms. The van der Waals surface area contributed by atoms with Gasteiger partial charge in [0.25, 0.3) is 0 Å². The SMILES string of the molecule is COc1cccc([C@@H](C)Nc2cc(C)nc3ccnn23)c1. The molecule has 3 rings (SSSR count). The first-order valence-corrected chi connectivity index (χ1v) is 6.89. The first-order chi connectivity index (χ1) is 10.2. The lowest BCUT2D eigenvalue weighted by Gasteiger charge is -2.17. The third-order valence-corrected chi connectivity index (χ3v) is 3.45. The number of fused-ring (bicyclic) bond motifs is 1. The second-order valence-corrected chi connectivity index (χ2v) is 5.03. The van der Waals surface area contributed by atoms with Gasteiger partial charge < -0.3 is 10.1 Å². The van der Waals surface area contributed by atoms with Gasteiger partial charge in [0.05, 0.1) is 19.3 Å². The van der Waals surface area contributed by atoms with Gasteiger partial charge in [-0.1, -0.05) is 12.1 Å². The number of aryl methyl sites for hydroxylation is 1. The smallest absolute Gasteiger partial charge is 0.157 e. The monoisotopic (exact) mass is 282 g/mol. The number of rotatable bonds is 4. The van der Waals surface area contributed by atoms with Crippen LogP contribution in [0.3, 0.4) is 0 Å². The minimum Gasteiger partial charge on any atom is -0.497 e. The highest BCUT2D eigenvalue weighted by molar-refractivity contribution is 5.50. The predicted molar refractivity (Wildman–Crippen MR) is 82.8 cm³/mol. The Bertz CT molecular complexity index is 766. The van der Waals surface area contributed by atoms with E-state index in [2.05, 4.69) is 28.4 Å². The number of hydrogen-bond donors (Lipinski definition) is 1. The lowest BCUT2D eigenvalue weighted by atomic mass is 10.1. The quantitative estimate of drug-likeness (QED) is 0.798. The molecule has 0 aliphatic heterocycles. The summed E-state index contributed by atoms with van der Waals surface area (Å²) in [6, 6.07) is 12.1. The molecular weight excluding hydrogens is 264 g/mol. The molecule has 0 aliphatic rings. The number of methoxy groups -OCH3 is 1. The van der Waals surface area contributed by atoms with Crippen molar-refractivity contribution < 1.29 is 4.74 Å². The van der Waals surface area contributed by atoms with Crippen molar-refractivity contribution in [3.63, 3.8) is 0 Å². The molecule has 1 atom stereocenters. The van der Waals surface area contributed by atoms with Crippen LogP contribution < -0.4 is 10.1 Å². The van der Waals surface area contributed by atoms with Crippen molar-refractivity contribution in [3.8, 4) is 5.75 Å². The van der Waals surface area contributed by atoms with E-state index in [1.54, 1.807) is 13.3 Å². The average Bonchev–Trinajstić information content (AvgIpc) is 2.95. The molecule has 1 aromatic carbocycles. The Morgan fingerprint density at radius 3 is 2.90 bits per heavy atom. The van der Waals surface area contributed by atoms with E-state index < -0.39 is 0 Å². The zero-order valence-electron chi connectivity index (χ0n) is 12.4. The highest BCUT2D eigenvalue weighted by Gasteiger charge is 2.10. The molecule has 108 valence electrons. The number of benzene rings is 1. The molecule has 0 aliphatic carbocycles. The fraction of sp³-hybridized carbons (Fsp3) is 0.250. The zero-order chi connectivity index (χ0) is 14.8. The molecule has 0 unspecified atom stereocenters. The maximum Gasteiger partial charge on any atom is 0.157 e. The second-order valence-electron chi connectivity index (χ2n) is 5.03. The van der Waals surface area contributed by atoms with E-state index in [0.717, 1.165) is 28.5 Å². The van der Waals surface area contributed by atoms with Crippen molar-refractivity contribution in [1.82, 2.24) is 14.6 Å². The lowest BCUT2D eigenvalue weighted by Crippen LogP contribution is -2.11. The van der Waals surface area contributed by atoms with E-state index in [1.165, 1.54) is 0 Å². The van der Waals surface area contributed by atoms with E-state index >= 15 is 0 Å². The summed E-state index contributed by atoms with van der Waals surface area (Å²) < 4.78 is 7.09. The van der Waals surface area contributed by atoms with E-state index in [4.69, 9.17) is 4.74 Å². The van der Waals surface area contributed by atoms with Crippen molar-refractivity contribution in [1.29, 1.82) is 0 Å². The van der Waals surface area contributed by atoms with Crippen molar-refractivity contribution in [3.05, 3.63) is 53.9 Å². The molecule has 0 saturated carbocycles. The highest BCUT2D eigenvalue weighted by Crippen LogP contribution is 2.23. The number of hydrogen-bond acceptors (Lipinski definition) is 4. The van der Waals surface area contributed by atoms with Crippen LogP contribution in [-0.2, 0) is 0 Å². The van der Waals surface area contributed by atoms with E-state index in [0.29, 0.717) is 0 Å². The first kappa shape index (κ1) is 13.4. The van der Waals surface area contributed by atoms with Crippen LogP contribution in [0.5, 0.6) is 5.75 Å². The molecule has 0 radical (unpaired) electrons. The Morgan fingerprint density at radius 1 is 1.24 bits per heavy atom. The Morgan fingerprint density at radius 2 is 2.10 bits per heavy atom. The lowest BCUT2D eigenvalue weighted by molar-refractivity contribution is 0.414. The van der Waals surface area contributed by atoms with Gasteiger partial charge in [0.2, 0.25) is 0 Å². The summed E-state index contributed by atoms with van der Waals surface area (Å²) in [7, 11) is 1.68. The van der Waals surface area contributed by atoms with Crippen LogP contribution in [0, 0.1) is 6.92 Å². The largest absolute Gasteiger partial charge is 0.497 e. The van der Waals surface area contributed by atoms with Crippen LogP contribution >= 0.6 is 0 Å². The minimum atomic E-state index is 0.134. The molecule has 2 heterocycles. The maximum atomic E-state index is 5.28. The van der Waals surface area contributed by atoms with Gasteiger partial charge in [-0.15, -0.1) is 0 Å². The normalized spacial score (nSPS) is 12.3. The first-order valence-electron chi connectivity index (χ1n) is 6.89. The summed E-state index contributed by atoms with van der Waals surface area (Å²) in [6.07, 6.45) is 1.75. The Balaban J connectivity index is 1.92. The van der Waals surface area contributed by atoms with Crippen molar-refractivity contribution in [2.45, 2.75) is 19.9 Å². The Hall–Kier alpha value is -2.56. The molecule has 0 amide bonds. The zero-order valence-corrected chi connectivity index (χ0v) is 12.4. The minimum absolute atomic E-state index is 0.134. The van der Waals surface area contributed by atoms with E-state index in [9.17, 15) is 0 Å². The Kier molecular flexibility index (Phi) is 3.48. The van der Waals surface area contributed by atoms with Gasteiger partial charge >= 0.3 is 0 Å². The average molecular weight is 282 g/mol. The third-order valence-electron chi connectivity index (χ3n) is 3.45. The van der Waals surface area contributed by atoms with Gasteiger partial charge in [0, 0.05) is 17.8 Å². The van der Waals surface area contributed by atoms with Gasteiger partial charge in [0.1, 0.15) is 11.6 Å². The molecule has 5 nitrogen and oxygen atoms in total. The summed E-state index contributed by atoms with van der Waals surface area (Å²) >= 11 is 0. The molecule has 0 spiro atoms. The van der Waals surface area contributed by atoms with Crippen LogP contribution in [0.15, 0.2) is 42.6 Å². The van der Waals surface area contributed by atoms with Crippen LogP contribution in [-0.4, -0.2) is 21.7 Å². The molecule has 21 heavy (non-hydrogen) atoms. The van der Waals surface area contributed by atoms with Crippen molar-refractivity contribution in [2.75, 3.05) is 12.4 Å². The summed E-state index contributed by atoms with van der Waals surface area (Å²) in [6.45, 7) is 4.09. The van der Waals surface area contributed by atoms with Gasteiger partial charge in [-0.3, -0.25) is 0 Å². The number of nitrogens with zero attached hydrogens (tertiary/aromatic N) is 3. The molecule has 2 aromatic heterocycles. The molecular formula is C16H18N4O. The van der Waals surface area contributed by atoms with Crippen LogP contribution in [0.25, 0.3) is 5.65 Å². The summed E-state index contributed by atoms with van der Waals surface area (Å²) in [5, 5.41) is 7.79. The van der Waals surface area contributed by atoms with Crippen LogP contribution in [0.1, 0.15) is 24.2 Å². The van der Waals surface area contributed by atoms with Gasteiger partial charge in [-0.2, -0.15) is 9.61 Å². The molecule has 0 fully saturated rings. The van der Waals surface area contributed by atoms with Crippen molar-refractivity contribution >= 4 is 11.5 Å². The summed E-state index contributed by atoms with van der Waals surface area (Å²) in [4.78, 5) is 4.44. The van der Waals surface area contributed by atoms with E-state index in [1.807, 2.05) is 41.8 Å². The van der Waals surface area contributed by atoms with Gasteiger partial charge in [-0.25, -0.2) is 4.98 Å². The standard InChI is InChI=1S/C16H18N4O/c1-11-9-16(20-15(18-11)7-8-17-20)19-12(2)13-5-4-6-14(10-13)21-3/h4-10,12,19H,1-3H3/t12-/m1/s1. The number of nitrogens with one attached hydrogen (secondary N) is 1. The Labute approximate surface area is 123 Å².